The first kappa shape index (κ1) is 22.3. The lowest BCUT2D eigenvalue weighted by Crippen LogP contribution is -2.26. The third-order valence-electron chi connectivity index (χ3n) is 6.04. The van der Waals surface area contributed by atoms with Crippen LogP contribution in [0.25, 0.3) is 22.0 Å². The molecule has 0 bridgehead atoms. The van der Waals surface area contributed by atoms with E-state index in [0.717, 1.165) is 29.3 Å². The molecule has 1 aromatic heterocycles. The number of aromatic carboxylic acids is 1. The molecular weight excluding hydrogens is 440 g/mol. The number of H-pyrrole nitrogens is 1. The number of nitriles is 1. The van der Waals surface area contributed by atoms with E-state index >= 15 is 0 Å². The van der Waals surface area contributed by atoms with Gasteiger partial charge >= 0.3 is 5.97 Å². The van der Waals surface area contributed by atoms with Crippen LogP contribution in [0.4, 0.5) is 0 Å². The molecule has 0 amide bonds. The fourth-order valence-electron chi connectivity index (χ4n) is 4.26. The van der Waals surface area contributed by atoms with Crippen molar-refractivity contribution < 1.29 is 19.4 Å². The molecule has 1 aliphatic rings. The molecule has 0 spiro atoms. The van der Waals surface area contributed by atoms with Gasteiger partial charge in [0, 0.05) is 41.2 Å². The minimum atomic E-state index is -1.02. The predicted molar refractivity (Wildman–Crippen MR) is 132 cm³/mol. The fraction of sp³-hybridized carbons (Fsp3) is 0.172. The minimum Gasteiger partial charge on any atom is -0.489 e. The monoisotopic (exact) mass is 462 g/mol. The first-order valence-electron chi connectivity index (χ1n) is 11.4. The smallest absolute Gasteiger partial charge is 0.336 e. The molecule has 35 heavy (non-hydrogen) atoms. The number of carbonyl (C=O) groups is 1. The van der Waals surface area contributed by atoms with Gasteiger partial charge in [0.15, 0.2) is 0 Å². The molecule has 6 nitrogen and oxygen atoms in total. The number of carboxylic acid groups (broad SMARTS) is 1. The summed E-state index contributed by atoms with van der Waals surface area (Å²) in [7, 11) is 0. The van der Waals surface area contributed by atoms with Gasteiger partial charge in [-0.3, -0.25) is 0 Å². The van der Waals surface area contributed by atoms with Gasteiger partial charge in [-0.25, -0.2) is 4.79 Å². The number of hydrogen-bond acceptors (Lipinski definition) is 4. The van der Waals surface area contributed by atoms with Crippen LogP contribution in [0.2, 0.25) is 0 Å². The Morgan fingerprint density at radius 3 is 2.69 bits per heavy atom. The highest BCUT2D eigenvalue weighted by Gasteiger charge is 2.18. The van der Waals surface area contributed by atoms with Gasteiger partial charge < -0.3 is 19.6 Å². The third-order valence-corrected chi connectivity index (χ3v) is 6.04. The number of rotatable bonds is 4. The van der Waals surface area contributed by atoms with E-state index in [1.165, 1.54) is 0 Å². The average molecular weight is 463 g/mol. The maximum atomic E-state index is 12.0. The Kier molecular flexibility index (Phi) is 6.22. The van der Waals surface area contributed by atoms with Crippen LogP contribution in [-0.2, 0) is 4.74 Å². The Balaban J connectivity index is 1.51. The molecule has 2 heterocycles. The van der Waals surface area contributed by atoms with E-state index in [-0.39, 0.29) is 11.7 Å². The van der Waals surface area contributed by atoms with Crippen LogP contribution in [0.1, 0.15) is 39.9 Å². The first-order chi connectivity index (χ1) is 17.1. The van der Waals surface area contributed by atoms with Gasteiger partial charge in [-0.1, -0.05) is 30.0 Å². The Labute approximate surface area is 202 Å². The van der Waals surface area contributed by atoms with Crippen LogP contribution in [0.5, 0.6) is 5.75 Å². The first-order valence-corrected chi connectivity index (χ1v) is 11.4. The summed E-state index contributed by atoms with van der Waals surface area (Å²) in [6.45, 7) is 1.31. The summed E-state index contributed by atoms with van der Waals surface area (Å²) in [5.41, 5.74) is 4.08. The molecule has 1 saturated heterocycles. The number of aromatic nitrogens is 1. The molecular formula is C29H22N2O4. The van der Waals surface area contributed by atoms with E-state index < -0.39 is 5.97 Å². The molecule has 0 atom stereocenters. The standard InChI is InChI=1S/C29H22N2O4/c30-18-23-16-19(5-9-27(23)35-24-11-14-34-15-12-24)4-6-21-2-1-3-25(29(32)33)28(21)22-8-7-20-10-13-31-26(20)17-22/h1-3,5,7-10,13,16-17,24,31H,11-12,14-15H2,(H,32,33). The van der Waals surface area contributed by atoms with Gasteiger partial charge in [0.2, 0.25) is 0 Å². The Morgan fingerprint density at radius 2 is 1.89 bits per heavy atom. The summed E-state index contributed by atoms with van der Waals surface area (Å²) in [5, 5.41) is 20.5. The second-order valence-corrected chi connectivity index (χ2v) is 8.32. The second-order valence-electron chi connectivity index (χ2n) is 8.32. The number of hydrogen-bond donors (Lipinski definition) is 2. The van der Waals surface area contributed by atoms with Gasteiger partial charge in [-0.15, -0.1) is 0 Å². The molecule has 4 aromatic rings. The second kappa shape index (κ2) is 9.77. The summed E-state index contributed by atoms with van der Waals surface area (Å²) in [5.74, 6) is 5.75. The highest BCUT2D eigenvalue weighted by atomic mass is 16.5. The zero-order valence-corrected chi connectivity index (χ0v) is 18.9. The highest BCUT2D eigenvalue weighted by molar-refractivity contribution is 5.99. The van der Waals surface area contributed by atoms with Crippen LogP contribution in [-0.4, -0.2) is 35.4 Å². The van der Waals surface area contributed by atoms with E-state index in [1.807, 2.05) is 42.6 Å². The molecule has 2 N–H and O–H groups in total. The van der Waals surface area contributed by atoms with E-state index in [1.54, 1.807) is 24.3 Å². The third kappa shape index (κ3) is 4.75. The van der Waals surface area contributed by atoms with E-state index in [9.17, 15) is 15.2 Å². The summed E-state index contributed by atoms with van der Waals surface area (Å²) in [4.78, 5) is 15.2. The zero-order chi connectivity index (χ0) is 24.2. The molecule has 0 unspecified atom stereocenters. The summed E-state index contributed by atoms with van der Waals surface area (Å²) < 4.78 is 11.4. The fourth-order valence-corrected chi connectivity index (χ4v) is 4.26. The summed E-state index contributed by atoms with van der Waals surface area (Å²) in [6.07, 6.45) is 3.47. The van der Waals surface area contributed by atoms with Crippen LogP contribution in [0, 0.1) is 23.2 Å². The van der Waals surface area contributed by atoms with Crippen molar-refractivity contribution in [3.8, 4) is 34.8 Å². The lowest BCUT2D eigenvalue weighted by Gasteiger charge is -2.23. The molecule has 1 aliphatic heterocycles. The molecule has 6 heteroatoms. The van der Waals surface area contributed by atoms with Gasteiger partial charge in [0.1, 0.15) is 17.9 Å². The molecule has 172 valence electrons. The number of aromatic amines is 1. The van der Waals surface area contributed by atoms with Crippen LogP contribution in [0.15, 0.2) is 66.9 Å². The number of carboxylic acids is 1. The zero-order valence-electron chi connectivity index (χ0n) is 18.9. The molecule has 1 fully saturated rings. The Hall–Kier alpha value is -4.52. The number of nitrogens with one attached hydrogen (secondary N) is 1. The van der Waals surface area contributed by atoms with E-state index in [4.69, 9.17) is 9.47 Å². The topological polar surface area (TPSA) is 95.3 Å². The van der Waals surface area contributed by atoms with Crippen molar-refractivity contribution in [1.29, 1.82) is 5.26 Å². The Bertz CT molecular complexity index is 1510. The number of ether oxygens (including phenoxy) is 2. The van der Waals surface area contributed by atoms with Crippen molar-refractivity contribution in [2.75, 3.05) is 13.2 Å². The van der Waals surface area contributed by atoms with Crippen LogP contribution in [0.3, 0.4) is 0 Å². The largest absolute Gasteiger partial charge is 0.489 e. The van der Waals surface area contributed by atoms with E-state index in [2.05, 4.69) is 22.9 Å². The van der Waals surface area contributed by atoms with Gasteiger partial charge in [-0.05, 0) is 53.4 Å². The van der Waals surface area contributed by atoms with Gasteiger partial charge in [0.25, 0.3) is 0 Å². The van der Waals surface area contributed by atoms with Crippen molar-refractivity contribution in [3.63, 3.8) is 0 Å². The lowest BCUT2D eigenvalue weighted by molar-refractivity contribution is 0.0254. The van der Waals surface area contributed by atoms with Crippen LogP contribution >= 0.6 is 0 Å². The molecule has 3 aromatic carbocycles. The van der Waals surface area contributed by atoms with Crippen molar-refractivity contribution in [2.45, 2.75) is 18.9 Å². The normalized spacial score (nSPS) is 13.6. The summed E-state index contributed by atoms with van der Waals surface area (Å²) in [6, 6.07) is 20.3. The lowest BCUT2D eigenvalue weighted by atomic mass is 9.93. The maximum absolute atomic E-state index is 12.0. The van der Waals surface area contributed by atoms with Crippen molar-refractivity contribution in [2.24, 2.45) is 0 Å². The van der Waals surface area contributed by atoms with Crippen molar-refractivity contribution in [3.05, 3.63) is 89.1 Å². The number of nitrogens with zero attached hydrogens (tertiary/aromatic N) is 1. The SMILES string of the molecule is N#Cc1cc(C#Cc2cccc(C(=O)O)c2-c2ccc3cc[nH]c3c2)ccc1OC1CCOCC1. The molecule has 0 aliphatic carbocycles. The predicted octanol–water partition coefficient (Wildman–Crippen LogP) is 5.36. The minimum absolute atomic E-state index is 0.0334. The van der Waals surface area contributed by atoms with Crippen molar-refractivity contribution in [1.82, 2.24) is 4.98 Å². The summed E-state index contributed by atoms with van der Waals surface area (Å²) >= 11 is 0. The molecule has 0 radical (unpaired) electrons. The molecule has 0 saturated carbocycles. The quantitative estimate of drug-likeness (QED) is 0.398. The van der Waals surface area contributed by atoms with E-state index in [0.29, 0.717) is 41.2 Å². The average Bonchev–Trinajstić information content (AvgIpc) is 3.36. The van der Waals surface area contributed by atoms with Gasteiger partial charge in [0.05, 0.1) is 24.3 Å². The number of fused-ring (bicyclic) bond motifs is 1. The Morgan fingerprint density at radius 1 is 1.03 bits per heavy atom. The number of benzene rings is 3. The van der Waals surface area contributed by atoms with Crippen LogP contribution < -0.4 is 4.74 Å². The highest BCUT2D eigenvalue weighted by Crippen LogP contribution is 2.30. The van der Waals surface area contributed by atoms with Gasteiger partial charge in [-0.2, -0.15) is 5.26 Å². The van der Waals surface area contributed by atoms with Crippen molar-refractivity contribution >= 4 is 16.9 Å². The maximum Gasteiger partial charge on any atom is 0.336 e. The molecule has 5 rings (SSSR count).